The largest absolute Gasteiger partial charge is 0.493 e. The average Bonchev–Trinajstić information content (AvgIpc) is 2.79. The van der Waals surface area contributed by atoms with Crippen molar-refractivity contribution in [3.8, 4) is 11.5 Å². The van der Waals surface area contributed by atoms with E-state index in [9.17, 15) is 13.2 Å². The van der Waals surface area contributed by atoms with Gasteiger partial charge in [0.2, 0.25) is 15.9 Å². The quantitative estimate of drug-likeness (QED) is 0.702. The zero-order valence-corrected chi connectivity index (χ0v) is 19.3. The molecule has 0 spiro atoms. The lowest BCUT2D eigenvalue weighted by Gasteiger charge is -2.31. The fourth-order valence-corrected chi connectivity index (χ4v) is 5.47. The summed E-state index contributed by atoms with van der Waals surface area (Å²) in [6.45, 7) is 4.53. The van der Waals surface area contributed by atoms with E-state index in [0.717, 1.165) is 23.2 Å². The van der Waals surface area contributed by atoms with Crippen molar-refractivity contribution in [2.24, 2.45) is 5.92 Å². The fraction of sp³-hybridized carbons (Fsp3) is 0.435. The van der Waals surface area contributed by atoms with E-state index < -0.39 is 15.9 Å². The van der Waals surface area contributed by atoms with Crippen molar-refractivity contribution in [2.45, 2.75) is 38.0 Å². The molecular weight excluding hydrogens is 416 g/mol. The van der Waals surface area contributed by atoms with Gasteiger partial charge in [0, 0.05) is 24.8 Å². The Morgan fingerprint density at radius 2 is 1.90 bits per heavy atom. The molecule has 2 aromatic carbocycles. The van der Waals surface area contributed by atoms with Crippen LogP contribution in [0.1, 0.15) is 30.9 Å². The molecule has 8 heteroatoms. The number of carbonyl (C=O) groups is 1. The van der Waals surface area contributed by atoms with Gasteiger partial charge in [0.15, 0.2) is 11.5 Å². The maximum absolute atomic E-state index is 13.2. The molecule has 168 valence electrons. The molecule has 1 fully saturated rings. The number of nitrogens with one attached hydrogen (secondary N) is 1. The molecule has 7 nitrogen and oxygen atoms in total. The fourth-order valence-electron chi connectivity index (χ4n) is 3.93. The van der Waals surface area contributed by atoms with Gasteiger partial charge in [-0.05, 0) is 49.4 Å². The first-order valence-corrected chi connectivity index (χ1v) is 11.9. The number of hydrogen-bond donors (Lipinski definition) is 1. The maximum Gasteiger partial charge on any atom is 0.243 e. The first-order chi connectivity index (χ1) is 14.8. The van der Waals surface area contributed by atoms with E-state index in [4.69, 9.17) is 9.47 Å². The number of methoxy groups -OCH3 is 2. The van der Waals surface area contributed by atoms with Crippen molar-refractivity contribution >= 4 is 21.6 Å². The van der Waals surface area contributed by atoms with E-state index in [1.165, 1.54) is 30.7 Å². The monoisotopic (exact) mass is 446 g/mol. The Morgan fingerprint density at radius 3 is 2.58 bits per heavy atom. The summed E-state index contributed by atoms with van der Waals surface area (Å²) in [5.74, 6) is 0.257. The van der Waals surface area contributed by atoms with E-state index >= 15 is 0 Å². The molecular formula is C23H30N2O5S. The summed E-state index contributed by atoms with van der Waals surface area (Å²) in [6.07, 6.45) is 2.08. The highest BCUT2D eigenvalue weighted by molar-refractivity contribution is 7.89. The molecule has 1 atom stereocenters. The number of amides is 1. The highest BCUT2D eigenvalue weighted by atomic mass is 32.2. The summed E-state index contributed by atoms with van der Waals surface area (Å²) < 4.78 is 38.3. The molecule has 1 heterocycles. The van der Waals surface area contributed by atoms with E-state index in [1.807, 2.05) is 32.0 Å². The highest BCUT2D eigenvalue weighted by Gasteiger charge is 2.34. The van der Waals surface area contributed by atoms with E-state index in [-0.39, 0.29) is 17.3 Å². The lowest BCUT2D eigenvalue weighted by atomic mass is 9.98. The molecule has 3 rings (SSSR count). The SMILES string of the molecule is CCc1cccc(C)c1NC(=O)[C@@H]1CCCN(S(=O)(=O)c2ccc(OC)c(OC)c2)C1. The van der Waals surface area contributed by atoms with E-state index in [0.29, 0.717) is 30.9 Å². The average molecular weight is 447 g/mol. The summed E-state index contributed by atoms with van der Waals surface area (Å²) in [7, 11) is -0.800. The van der Waals surface area contributed by atoms with Crippen LogP contribution in [0.25, 0.3) is 0 Å². The van der Waals surface area contributed by atoms with Crippen molar-refractivity contribution in [2.75, 3.05) is 32.6 Å². The van der Waals surface area contributed by atoms with Gasteiger partial charge >= 0.3 is 0 Å². The second-order valence-corrected chi connectivity index (χ2v) is 9.61. The third-order valence-electron chi connectivity index (χ3n) is 5.74. The van der Waals surface area contributed by atoms with Crippen LogP contribution in [0.3, 0.4) is 0 Å². The number of piperidine rings is 1. The minimum absolute atomic E-state index is 0.124. The van der Waals surface area contributed by atoms with Crippen molar-refractivity contribution in [3.05, 3.63) is 47.5 Å². The molecule has 31 heavy (non-hydrogen) atoms. The number of rotatable bonds is 7. The number of aryl methyl sites for hydroxylation is 2. The molecule has 1 aliphatic rings. The molecule has 0 saturated carbocycles. The van der Waals surface area contributed by atoms with Gasteiger partial charge in [-0.1, -0.05) is 25.1 Å². The molecule has 1 aliphatic heterocycles. The minimum Gasteiger partial charge on any atom is -0.493 e. The van der Waals surface area contributed by atoms with Gasteiger partial charge < -0.3 is 14.8 Å². The van der Waals surface area contributed by atoms with Crippen LogP contribution in [0.15, 0.2) is 41.3 Å². The van der Waals surface area contributed by atoms with Gasteiger partial charge in [0.25, 0.3) is 0 Å². The molecule has 0 aliphatic carbocycles. The van der Waals surface area contributed by atoms with Crippen LogP contribution < -0.4 is 14.8 Å². The second kappa shape index (κ2) is 9.70. The third-order valence-corrected chi connectivity index (χ3v) is 7.60. The lowest BCUT2D eigenvalue weighted by Crippen LogP contribution is -2.43. The van der Waals surface area contributed by atoms with Crippen molar-refractivity contribution in [1.82, 2.24) is 4.31 Å². The maximum atomic E-state index is 13.2. The lowest BCUT2D eigenvalue weighted by molar-refractivity contribution is -0.120. The van der Waals surface area contributed by atoms with Crippen LogP contribution >= 0.6 is 0 Å². The number of ether oxygens (including phenoxy) is 2. The van der Waals surface area contributed by atoms with Crippen LogP contribution in [0.5, 0.6) is 11.5 Å². The standard InChI is InChI=1S/C23H30N2O5S/c1-5-17-9-6-8-16(2)22(17)24-23(26)18-10-7-13-25(15-18)31(27,28)19-11-12-20(29-3)21(14-19)30-4/h6,8-9,11-12,14,18H,5,7,10,13,15H2,1-4H3,(H,24,26)/t18-/m1/s1. The van der Waals surface area contributed by atoms with Gasteiger partial charge in [-0.15, -0.1) is 0 Å². The molecule has 0 bridgehead atoms. The first kappa shape index (κ1) is 23.1. The van der Waals surface area contributed by atoms with Gasteiger partial charge in [-0.3, -0.25) is 4.79 Å². The Morgan fingerprint density at radius 1 is 1.16 bits per heavy atom. The van der Waals surface area contributed by atoms with E-state index in [2.05, 4.69) is 5.32 Å². The Kier molecular flexibility index (Phi) is 7.23. The van der Waals surface area contributed by atoms with Crippen LogP contribution in [0, 0.1) is 12.8 Å². The third kappa shape index (κ3) is 4.85. The number of anilines is 1. The van der Waals surface area contributed by atoms with Crippen LogP contribution in [0.2, 0.25) is 0 Å². The molecule has 1 N–H and O–H groups in total. The number of nitrogens with zero attached hydrogens (tertiary/aromatic N) is 1. The zero-order chi connectivity index (χ0) is 22.6. The first-order valence-electron chi connectivity index (χ1n) is 10.4. The van der Waals surface area contributed by atoms with Gasteiger partial charge in [0.1, 0.15) is 0 Å². The normalized spacial score (nSPS) is 17.2. The zero-order valence-electron chi connectivity index (χ0n) is 18.5. The minimum atomic E-state index is -3.76. The number of carbonyl (C=O) groups excluding carboxylic acids is 1. The Labute approximate surface area is 184 Å². The van der Waals surface area contributed by atoms with Crippen molar-refractivity contribution in [1.29, 1.82) is 0 Å². The molecule has 2 aromatic rings. The number of hydrogen-bond acceptors (Lipinski definition) is 5. The predicted octanol–water partition coefficient (Wildman–Crippen LogP) is 3.61. The Bertz CT molecular complexity index is 1050. The summed E-state index contributed by atoms with van der Waals surface area (Å²) in [4.78, 5) is 13.1. The smallest absolute Gasteiger partial charge is 0.243 e. The topological polar surface area (TPSA) is 84.9 Å². The van der Waals surface area contributed by atoms with E-state index in [1.54, 1.807) is 6.07 Å². The number of para-hydroxylation sites is 1. The van der Waals surface area contributed by atoms with Crippen molar-refractivity contribution in [3.63, 3.8) is 0 Å². The number of sulfonamides is 1. The summed E-state index contributed by atoms with van der Waals surface area (Å²) in [5, 5.41) is 3.05. The van der Waals surface area contributed by atoms with Crippen molar-refractivity contribution < 1.29 is 22.7 Å². The predicted molar refractivity (Wildman–Crippen MR) is 120 cm³/mol. The molecule has 1 amide bonds. The molecule has 1 saturated heterocycles. The highest BCUT2D eigenvalue weighted by Crippen LogP contribution is 2.32. The second-order valence-electron chi connectivity index (χ2n) is 7.67. The summed E-state index contributed by atoms with van der Waals surface area (Å²) in [6, 6.07) is 10.5. The summed E-state index contributed by atoms with van der Waals surface area (Å²) >= 11 is 0. The molecule has 0 aromatic heterocycles. The van der Waals surface area contributed by atoms with Gasteiger partial charge in [-0.25, -0.2) is 8.42 Å². The van der Waals surface area contributed by atoms with Crippen LogP contribution in [-0.4, -0.2) is 45.9 Å². The van der Waals surface area contributed by atoms with Crippen LogP contribution in [0.4, 0.5) is 5.69 Å². The van der Waals surface area contributed by atoms with Crippen LogP contribution in [-0.2, 0) is 21.2 Å². The van der Waals surface area contributed by atoms with Gasteiger partial charge in [-0.2, -0.15) is 4.31 Å². The molecule has 0 radical (unpaired) electrons. The van der Waals surface area contributed by atoms with Gasteiger partial charge in [0.05, 0.1) is 25.0 Å². The molecule has 0 unspecified atom stereocenters. The number of benzene rings is 2. The summed E-state index contributed by atoms with van der Waals surface area (Å²) in [5.41, 5.74) is 2.90. The Hall–Kier alpha value is -2.58. The Balaban J connectivity index is 1.79.